The molecule has 13 heavy (non-hydrogen) atoms. The van der Waals surface area contributed by atoms with Crippen LogP contribution in [0, 0.1) is 10.1 Å². The summed E-state index contributed by atoms with van der Waals surface area (Å²) in [6.07, 6.45) is 0. The Labute approximate surface area is 73.3 Å². The molecule has 0 amide bonds. The molecule has 1 aliphatic rings. The molecule has 1 aliphatic heterocycles. The highest BCUT2D eigenvalue weighted by atomic mass is 16.6. The molecule has 0 unspecified atom stereocenters. The largest absolute Gasteiger partial charge is 0.483 e. The first kappa shape index (κ1) is 7.78. The summed E-state index contributed by atoms with van der Waals surface area (Å²) in [6, 6.07) is 2.77. The van der Waals surface area contributed by atoms with Gasteiger partial charge in [-0.2, -0.15) is 0 Å². The second-order valence-electron chi connectivity index (χ2n) is 2.43. The lowest BCUT2D eigenvalue weighted by Gasteiger charge is -2.13. The van der Waals surface area contributed by atoms with Gasteiger partial charge < -0.3 is 19.6 Å². The maximum atomic E-state index is 10.3. The average molecular weight is 182 g/mol. The Morgan fingerprint density at radius 2 is 2.15 bits per heavy atom. The molecule has 0 bridgehead atoms. The van der Waals surface area contributed by atoms with Gasteiger partial charge in [0.25, 0.3) is 0 Å². The molecule has 0 atom stereocenters. The average Bonchev–Trinajstić information content (AvgIpc) is 2.17. The van der Waals surface area contributed by atoms with Crippen molar-refractivity contribution in [1.82, 2.24) is 4.98 Å². The summed E-state index contributed by atoms with van der Waals surface area (Å²) in [5, 5.41) is 10.3. The molecule has 2 rings (SSSR count). The van der Waals surface area contributed by atoms with Crippen LogP contribution >= 0.6 is 0 Å². The number of aromatic nitrogens is 1. The minimum Gasteiger partial charge on any atom is -0.483 e. The molecular weight excluding hydrogens is 176 g/mol. The molecule has 0 saturated heterocycles. The summed E-state index contributed by atoms with van der Waals surface area (Å²) in [7, 11) is 0. The summed E-state index contributed by atoms with van der Waals surface area (Å²) >= 11 is 0. The van der Waals surface area contributed by atoms with Gasteiger partial charge in [-0.25, -0.2) is 0 Å². The number of rotatable bonds is 1. The minimum absolute atomic E-state index is 0.195. The Morgan fingerprint density at radius 3 is 2.92 bits per heavy atom. The number of hydrogen-bond acceptors (Lipinski definition) is 5. The maximum Gasteiger partial charge on any atom is 0.371 e. The second kappa shape index (κ2) is 2.89. The van der Waals surface area contributed by atoms with Crippen LogP contribution in [-0.2, 0) is 0 Å². The molecule has 68 valence electrons. The third-order valence-corrected chi connectivity index (χ3v) is 1.58. The van der Waals surface area contributed by atoms with E-state index in [9.17, 15) is 10.1 Å². The molecule has 0 radical (unpaired) electrons. The van der Waals surface area contributed by atoms with E-state index in [1.165, 1.54) is 12.1 Å². The molecule has 0 aliphatic carbocycles. The highest BCUT2D eigenvalue weighted by Gasteiger charge is 2.20. The first-order valence-electron chi connectivity index (χ1n) is 3.68. The van der Waals surface area contributed by atoms with Crippen LogP contribution in [0.2, 0.25) is 0 Å². The van der Waals surface area contributed by atoms with Crippen molar-refractivity contribution in [3.8, 4) is 11.6 Å². The third kappa shape index (κ3) is 1.37. The summed E-state index contributed by atoms with van der Waals surface area (Å²) in [4.78, 5) is 13.4. The van der Waals surface area contributed by atoms with Gasteiger partial charge >= 0.3 is 11.7 Å². The summed E-state index contributed by atoms with van der Waals surface area (Å²) in [5.41, 5.74) is 0. The van der Waals surface area contributed by atoms with Crippen LogP contribution in [0.1, 0.15) is 0 Å². The van der Waals surface area contributed by atoms with Gasteiger partial charge in [0, 0.05) is 11.1 Å². The van der Waals surface area contributed by atoms with Gasteiger partial charge in [0.2, 0.25) is 5.75 Å². The van der Waals surface area contributed by atoms with Gasteiger partial charge in [0.1, 0.15) is 13.2 Å². The normalized spacial score (nSPS) is 13.8. The monoisotopic (exact) mass is 182 g/mol. The molecule has 6 nitrogen and oxygen atoms in total. The predicted molar refractivity (Wildman–Crippen MR) is 41.9 cm³/mol. The van der Waals surface area contributed by atoms with E-state index in [-0.39, 0.29) is 11.7 Å². The summed E-state index contributed by atoms with van der Waals surface area (Å²) in [6.45, 7) is 0.827. The van der Waals surface area contributed by atoms with Crippen molar-refractivity contribution in [2.75, 3.05) is 13.2 Å². The third-order valence-electron chi connectivity index (χ3n) is 1.58. The number of fused-ring (bicyclic) bond motifs is 1. The molecule has 0 N–H and O–H groups in total. The number of ether oxygens (including phenoxy) is 2. The van der Waals surface area contributed by atoms with Crippen molar-refractivity contribution in [2.24, 2.45) is 0 Å². The topological polar surface area (TPSA) is 74.5 Å². The zero-order valence-corrected chi connectivity index (χ0v) is 6.60. The predicted octanol–water partition coefficient (Wildman–Crippen LogP) is 0.761. The number of pyridine rings is 1. The van der Waals surface area contributed by atoms with Crippen molar-refractivity contribution < 1.29 is 14.4 Å². The highest BCUT2D eigenvalue weighted by molar-refractivity contribution is 5.39. The Hall–Kier alpha value is -1.85. The van der Waals surface area contributed by atoms with E-state index in [0.717, 1.165) is 0 Å². The molecule has 0 fully saturated rings. The number of nitro groups is 1. The summed E-state index contributed by atoms with van der Waals surface area (Å²) < 4.78 is 10.2. The first-order chi connectivity index (χ1) is 6.27. The van der Waals surface area contributed by atoms with Crippen LogP contribution < -0.4 is 9.47 Å². The van der Waals surface area contributed by atoms with E-state index in [2.05, 4.69) is 4.98 Å². The van der Waals surface area contributed by atoms with Crippen LogP contribution in [0.3, 0.4) is 0 Å². The van der Waals surface area contributed by atoms with Crippen molar-refractivity contribution in [1.29, 1.82) is 0 Å². The molecule has 6 heteroatoms. The standard InChI is InChI=1S/C7H6N2O4/c10-9(11)6-2-1-5-7(8-6)13-4-3-12-5/h1-2H,3-4H2. The Bertz CT molecular complexity index is 352. The van der Waals surface area contributed by atoms with Crippen LogP contribution in [0.25, 0.3) is 0 Å². The van der Waals surface area contributed by atoms with Crippen LogP contribution in [0.5, 0.6) is 11.6 Å². The molecular formula is C7H6N2O4. The zero-order chi connectivity index (χ0) is 9.26. The van der Waals surface area contributed by atoms with E-state index >= 15 is 0 Å². The fourth-order valence-electron chi connectivity index (χ4n) is 1.02. The molecule has 1 aromatic rings. The molecule has 2 heterocycles. The second-order valence-corrected chi connectivity index (χ2v) is 2.43. The lowest BCUT2D eigenvalue weighted by atomic mass is 10.4. The Balaban J connectivity index is 2.40. The highest BCUT2D eigenvalue weighted by Crippen LogP contribution is 2.29. The van der Waals surface area contributed by atoms with E-state index in [0.29, 0.717) is 19.0 Å². The molecule has 0 spiro atoms. The summed E-state index contributed by atoms with van der Waals surface area (Å²) in [5.74, 6) is 0.418. The number of hydrogen-bond donors (Lipinski definition) is 0. The molecule has 1 aromatic heterocycles. The van der Waals surface area contributed by atoms with Gasteiger partial charge in [-0.3, -0.25) is 0 Å². The van der Waals surface area contributed by atoms with Crippen molar-refractivity contribution >= 4 is 5.82 Å². The Morgan fingerprint density at radius 1 is 1.38 bits per heavy atom. The smallest absolute Gasteiger partial charge is 0.371 e. The van der Waals surface area contributed by atoms with E-state index < -0.39 is 4.92 Å². The van der Waals surface area contributed by atoms with Gasteiger partial charge in [-0.1, -0.05) is 0 Å². The fraction of sp³-hybridized carbons (Fsp3) is 0.286. The lowest BCUT2D eigenvalue weighted by Crippen LogP contribution is -2.16. The Kier molecular flexibility index (Phi) is 1.73. The minimum atomic E-state index is -0.571. The SMILES string of the molecule is O=[N+]([O-])c1ccc2c(n1)OCCO2. The van der Waals surface area contributed by atoms with E-state index in [1.807, 2.05) is 0 Å². The number of nitrogens with zero attached hydrogens (tertiary/aromatic N) is 2. The van der Waals surface area contributed by atoms with Gasteiger partial charge in [-0.15, -0.1) is 0 Å². The van der Waals surface area contributed by atoms with E-state index in [1.54, 1.807) is 0 Å². The quantitative estimate of drug-likeness (QED) is 0.473. The van der Waals surface area contributed by atoms with Gasteiger partial charge in [0.05, 0.1) is 0 Å². The molecule has 0 saturated carbocycles. The van der Waals surface area contributed by atoms with Gasteiger partial charge in [-0.05, 0) is 11.0 Å². The van der Waals surface area contributed by atoms with Crippen molar-refractivity contribution in [3.63, 3.8) is 0 Å². The fourth-order valence-corrected chi connectivity index (χ4v) is 1.02. The maximum absolute atomic E-state index is 10.3. The van der Waals surface area contributed by atoms with E-state index in [4.69, 9.17) is 9.47 Å². The van der Waals surface area contributed by atoms with Gasteiger partial charge in [0.15, 0.2) is 0 Å². The van der Waals surface area contributed by atoms with Crippen molar-refractivity contribution in [3.05, 3.63) is 22.2 Å². The zero-order valence-electron chi connectivity index (χ0n) is 6.60. The first-order valence-corrected chi connectivity index (χ1v) is 3.68. The van der Waals surface area contributed by atoms with Crippen LogP contribution in [-0.4, -0.2) is 23.1 Å². The van der Waals surface area contributed by atoms with Crippen LogP contribution in [0.4, 0.5) is 5.82 Å². The molecule has 0 aromatic carbocycles. The van der Waals surface area contributed by atoms with Crippen LogP contribution in [0.15, 0.2) is 12.1 Å². The lowest BCUT2D eigenvalue weighted by molar-refractivity contribution is -0.389. The van der Waals surface area contributed by atoms with Crippen molar-refractivity contribution in [2.45, 2.75) is 0 Å².